The number of anilines is 3. The molecule has 5 unspecified atom stereocenters. The first-order valence-corrected chi connectivity index (χ1v) is 21.3. The van der Waals surface area contributed by atoms with E-state index in [-0.39, 0.29) is 0 Å². The first kappa shape index (κ1) is 32.5. The van der Waals surface area contributed by atoms with Gasteiger partial charge in [-0.25, -0.2) is 0 Å². The SMILES string of the molecule is CC1C=C2CC3(C4c5ccccc5-c5c(-c6ccc(N(c7ccc8c(c7)sc7ccccc78)c7ccccc7-c7ccccc7)cc6)cccc54)CC(C1)CC23. The molecule has 0 N–H and O–H groups in total. The molecule has 0 amide bonds. The fraction of sp³-hybridized carbons (Fsp3) is 0.185. The summed E-state index contributed by atoms with van der Waals surface area (Å²) in [5.41, 5.74) is 16.7. The van der Waals surface area contributed by atoms with Crippen molar-refractivity contribution in [2.45, 2.75) is 38.5 Å². The highest BCUT2D eigenvalue weighted by Gasteiger charge is 2.62. The Balaban J connectivity index is 0.985. The Hall–Kier alpha value is -5.70. The molecule has 270 valence electrons. The highest BCUT2D eigenvalue weighted by atomic mass is 32.1. The van der Waals surface area contributed by atoms with Crippen LogP contribution in [0.2, 0.25) is 0 Å². The molecule has 5 atom stereocenters. The molecule has 4 aliphatic carbocycles. The lowest BCUT2D eigenvalue weighted by molar-refractivity contribution is 0.110. The van der Waals surface area contributed by atoms with Crippen molar-refractivity contribution in [2.24, 2.45) is 23.2 Å². The number of rotatable bonds is 6. The van der Waals surface area contributed by atoms with Crippen LogP contribution in [0.15, 0.2) is 175 Å². The lowest BCUT2D eigenvalue weighted by atomic mass is 9.50. The summed E-state index contributed by atoms with van der Waals surface area (Å²) in [5, 5.41) is 2.64. The van der Waals surface area contributed by atoms with Crippen LogP contribution in [0.3, 0.4) is 0 Å². The Bertz CT molecular complexity index is 2860. The average molecular weight is 738 g/mol. The fourth-order valence-electron chi connectivity index (χ4n) is 11.9. The van der Waals surface area contributed by atoms with Gasteiger partial charge in [-0.05, 0) is 124 Å². The van der Waals surface area contributed by atoms with E-state index in [9.17, 15) is 0 Å². The maximum Gasteiger partial charge on any atom is 0.0540 e. The van der Waals surface area contributed by atoms with E-state index in [2.05, 4.69) is 182 Å². The van der Waals surface area contributed by atoms with Gasteiger partial charge in [-0.1, -0.05) is 146 Å². The predicted octanol–water partition coefficient (Wildman–Crippen LogP) is 15.4. The zero-order chi connectivity index (χ0) is 37.0. The number of hydrogen-bond acceptors (Lipinski definition) is 2. The van der Waals surface area contributed by atoms with Crippen molar-refractivity contribution in [1.82, 2.24) is 0 Å². The van der Waals surface area contributed by atoms with Crippen molar-refractivity contribution in [1.29, 1.82) is 0 Å². The molecule has 0 radical (unpaired) electrons. The Morgan fingerprint density at radius 2 is 1.27 bits per heavy atom. The molecule has 56 heavy (non-hydrogen) atoms. The number of allylic oxidation sites excluding steroid dienone is 2. The number of thiophene rings is 1. The second-order valence-electron chi connectivity index (χ2n) is 17.1. The number of benzene rings is 7. The van der Waals surface area contributed by atoms with Gasteiger partial charge in [-0.15, -0.1) is 11.3 Å². The highest BCUT2D eigenvalue weighted by molar-refractivity contribution is 7.25. The van der Waals surface area contributed by atoms with Gasteiger partial charge < -0.3 is 4.90 Å². The van der Waals surface area contributed by atoms with Crippen molar-refractivity contribution in [3.05, 3.63) is 187 Å². The van der Waals surface area contributed by atoms with Gasteiger partial charge in [0.2, 0.25) is 0 Å². The standard InChI is InChI=1S/C54H43NS/c1-34-28-35-30-48-38(29-34)33-54(48,32-35)53-46-17-6-5-16-45(46)52-42(18-11-19-47(52)53)37-22-24-39(25-23-37)55(49-20-9-7-14-41(49)36-12-3-2-4-13-36)40-26-27-44-43-15-8-10-21-50(43)56-51(44)31-40/h2-27,29,31,34-35,48,53H,28,30,32-33H2,1H3. The van der Waals surface area contributed by atoms with Gasteiger partial charge in [-0.2, -0.15) is 0 Å². The molecule has 2 saturated carbocycles. The molecule has 4 aliphatic rings. The summed E-state index contributed by atoms with van der Waals surface area (Å²) in [6, 6.07) is 61.4. The molecule has 1 nitrogen and oxygen atoms in total. The molecule has 1 aromatic heterocycles. The Kier molecular flexibility index (Phi) is 7.21. The van der Waals surface area contributed by atoms with E-state index in [1.54, 1.807) is 16.7 Å². The monoisotopic (exact) mass is 737 g/mol. The third-order valence-corrected chi connectivity index (χ3v) is 15.1. The topological polar surface area (TPSA) is 3.24 Å². The van der Waals surface area contributed by atoms with Gasteiger partial charge in [0, 0.05) is 43.0 Å². The first-order chi connectivity index (χ1) is 27.6. The second-order valence-corrected chi connectivity index (χ2v) is 18.1. The van der Waals surface area contributed by atoms with Crippen LogP contribution in [-0.2, 0) is 0 Å². The van der Waals surface area contributed by atoms with Gasteiger partial charge in [0.25, 0.3) is 0 Å². The van der Waals surface area contributed by atoms with E-state index in [1.807, 2.05) is 11.3 Å². The van der Waals surface area contributed by atoms with E-state index >= 15 is 0 Å². The van der Waals surface area contributed by atoms with Gasteiger partial charge in [0.15, 0.2) is 0 Å². The number of para-hydroxylation sites is 1. The summed E-state index contributed by atoms with van der Waals surface area (Å²) in [5.74, 6) is 2.81. The molecular weight excluding hydrogens is 695 g/mol. The van der Waals surface area contributed by atoms with E-state index in [1.165, 1.54) is 84.9 Å². The normalized spacial score (nSPS) is 23.0. The molecule has 2 fully saturated rings. The molecule has 1 heterocycles. The van der Waals surface area contributed by atoms with Crippen LogP contribution >= 0.6 is 11.3 Å². The fourth-order valence-corrected chi connectivity index (χ4v) is 13.0. The molecule has 8 aromatic rings. The van der Waals surface area contributed by atoms with Gasteiger partial charge in [0.1, 0.15) is 0 Å². The average Bonchev–Trinajstić information content (AvgIpc) is 3.84. The largest absolute Gasteiger partial charge is 0.310 e. The van der Waals surface area contributed by atoms with Gasteiger partial charge in [0.05, 0.1) is 5.69 Å². The number of nitrogens with zero attached hydrogens (tertiary/aromatic N) is 1. The van der Waals surface area contributed by atoms with Crippen LogP contribution < -0.4 is 4.90 Å². The second kappa shape index (κ2) is 12.4. The van der Waals surface area contributed by atoms with Crippen molar-refractivity contribution in [2.75, 3.05) is 4.90 Å². The van der Waals surface area contributed by atoms with Crippen LogP contribution in [0.5, 0.6) is 0 Å². The van der Waals surface area contributed by atoms with Crippen LogP contribution in [0.1, 0.15) is 49.7 Å². The Morgan fingerprint density at radius 1 is 0.571 bits per heavy atom. The summed E-state index contributed by atoms with van der Waals surface area (Å²) in [4.78, 5) is 2.46. The predicted molar refractivity (Wildman–Crippen MR) is 237 cm³/mol. The highest BCUT2D eigenvalue weighted by Crippen LogP contribution is 2.73. The maximum absolute atomic E-state index is 2.66. The van der Waals surface area contributed by atoms with Crippen molar-refractivity contribution < 1.29 is 0 Å². The van der Waals surface area contributed by atoms with Crippen molar-refractivity contribution in [3.63, 3.8) is 0 Å². The minimum Gasteiger partial charge on any atom is -0.310 e. The molecular formula is C54H43NS. The lowest BCUT2D eigenvalue weighted by Gasteiger charge is -2.53. The van der Waals surface area contributed by atoms with Crippen LogP contribution in [0.25, 0.3) is 53.6 Å². The summed E-state index contributed by atoms with van der Waals surface area (Å²) in [6.45, 7) is 2.44. The number of hydrogen-bond donors (Lipinski definition) is 0. The van der Waals surface area contributed by atoms with Crippen molar-refractivity contribution >= 4 is 48.6 Å². The third-order valence-electron chi connectivity index (χ3n) is 13.9. The minimum absolute atomic E-state index is 0.364. The van der Waals surface area contributed by atoms with Gasteiger partial charge >= 0.3 is 0 Å². The van der Waals surface area contributed by atoms with E-state index in [0.717, 1.165) is 29.1 Å². The quantitative estimate of drug-likeness (QED) is 0.154. The summed E-state index contributed by atoms with van der Waals surface area (Å²) >= 11 is 1.88. The number of fused-ring (bicyclic) bond motifs is 7. The minimum atomic E-state index is 0.364. The maximum atomic E-state index is 2.66. The molecule has 0 spiro atoms. The molecule has 2 bridgehead atoms. The molecule has 2 heteroatoms. The molecule has 7 aromatic carbocycles. The third kappa shape index (κ3) is 4.78. The summed E-state index contributed by atoms with van der Waals surface area (Å²) in [6.07, 6.45) is 8.07. The van der Waals surface area contributed by atoms with E-state index in [4.69, 9.17) is 0 Å². The van der Waals surface area contributed by atoms with E-state index in [0.29, 0.717) is 11.3 Å². The summed E-state index contributed by atoms with van der Waals surface area (Å²) in [7, 11) is 0. The van der Waals surface area contributed by atoms with Crippen LogP contribution in [0, 0.1) is 23.2 Å². The van der Waals surface area contributed by atoms with Gasteiger partial charge in [-0.3, -0.25) is 0 Å². The first-order valence-electron chi connectivity index (χ1n) is 20.5. The molecule has 12 rings (SSSR count). The van der Waals surface area contributed by atoms with Crippen LogP contribution in [0.4, 0.5) is 17.1 Å². The smallest absolute Gasteiger partial charge is 0.0540 e. The summed E-state index contributed by atoms with van der Waals surface area (Å²) < 4.78 is 2.63. The van der Waals surface area contributed by atoms with Crippen molar-refractivity contribution in [3.8, 4) is 33.4 Å². The van der Waals surface area contributed by atoms with E-state index < -0.39 is 0 Å². The Labute approximate surface area is 333 Å². The zero-order valence-electron chi connectivity index (χ0n) is 31.7. The lowest BCUT2D eigenvalue weighted by Crippen LogP contribution is -2.43. The zero-order valence-corrected chi connectivity index (χ0v) is 32.5. The Morgan fingerprint density at radius 3 is 2.16 bits per heavy atom. The molecule has 0 saturated heterocycles. The van der Waals surface area contributed by atoms with Crippen LogP contribution in [-0.4, -0.2) is 0 Å². The molecule has 0 aliphatic heterocycles.